The van der Waals surface area contributed by atoms with Gasteiger partial charge in [0.1, 0.15) is 5.75 Å². The van der Waals surface area contributed by atoms with E-state index in [1.807, 2.05) is 26.8 Å². The maximum absolute atomic E-state index is 14.5. The summed E-state index contributed by atoms with van der Waals surface area (Å²) >= 11 is 0. The third-order valence-corrected chi connectivity index (χ3v) is 6.99. The van der Waals surface area contributed by atoms with Crippen molar-refractivity contribution in [1.82, 2.24) is 0 Å². The SMILES string of the molecule is Cc1cc(OCC(=O)O)c(C)c(C)c1CC1c2cc(F)c(O)c(C3CCCCC3)c21. The molecule has 2 aromatic rings. The molecule has 0 spiro atoms. The summed E-state index contributed by atoms with van der Waals surface area (Å²) in [5.74, 6) is -0.664. The Bertz CT molecular complexity index is 1010. The van der Waals surface area contributed by atoms with Gasteiger partial charge in [0.15, 0.2) is 18.2 Å². The van der Waals surface area contributed by atoms with E-state index < -0.39 is 11.8 Å². The second-order valence-electron chi connectivity index (χ2n) is 8.82. The van der Waals surface area contributed by atoms with Gasteiger partial charge in [0.2, 0.25) is 0 Å². The zero-order valence-corrected chi connectivity index (χ0v) is 17.8. The van der Waals surface area contributed by atoms with E-state index in [0.717, 1.165) is 65.5 Å². The molecule has 2 N–H and O–H groups in total. The number of ether oxygens (including phenoxy) is 1. The van der Waals surface area contributed by atoms with Crippen molar-refractivity contribution in [2.45, 2.75) is 71.1 Å². The molecule has 2 aliphatic rings. The zero-order valence-electron chi connectivity index (χ0n) is 17.8. The van der Waals surface area contributed by atoms with E-state index in [1.165, 1.54) is 18.1 Å². The molecular weight excluding hydrogens is 383 g/mol. The van der Waals surface area contributed by atoms with Gasteiger partial charge >= 0.3 is 5.97 Å². The normalized spacial score (nSPS) is 18.2. The number of aromatic hydroxyl groups is 1. The number of benzene rings is 2. The highest BCUT2D eigenvalue weighted by Gasteiger charge is 2.41. The number of halogens is 1. The van der Waals surface area contributed by atoms with Gasteiger partial charge in [-0.1, -0.05) is 19.3 Å². The molecule has 0 saturated heterocycles. The van der Waals surface area contributed by atoms with Crippen molar-refractivity contribution in [3.63, 3.8) is 0 Å². The number of phenolic OH excluding ortho intramolecular Hbond substituents is 1. The van der Waals surface area contributed by atoms with E-state index in [0.29, 0.717) is 5.75 Å². The number of aryl methyl sites for hydroxylation is 1. The van der Waals surface area contributed by atoms with Crippen LogP contribution >= 0.6 is 0 Å². The summed E-state index contributed by atoms with van der Waals surface area (Å²) in [5.41, 5.74) is 7.26. The minimum atomic E-state index is -1.00. The number of carboxylic acids is 1. The van der Waals surface area contributed by atoms with Crippen molar-refractivity contribution in [1.29, 1.82) is 0 Å². The van der Waals surface area contributed by atoms with Gasteiger partial charge < -0.3 is 14.9 Å². The average Bonchev–Trinajstić information content (AvgIpc) is 3.39. The van der Waals surface area contributed by atoms with E-state index >= 15 is 0 Å². The number of carbonyl (C=O) groups is 1. The number of carboxylic acid groups (broad SMARTS) is 1. The third-order valence-electron chi connectivity index (χ3n) is 6.99. The summed E-state index contributed by atoms with van der Waals surface area (Å²) in [5, 5.41) is 19.4. The zero-order chi connectivity index (χ0) is 21.6. The Hall–Kier alpha value is -2.56. The summed E-state index contributed by atoms with van der Waals surface area (Å²) in [6.45, 7) is 5.60. The van der Waals surface area contributed by atoms with E-state index in [1.54, 1.807) is 0 Å². The number of phenols is 1. The summed E-state index contributed by atoms with van der Waals surface area (Å²) in [7, 11) is 0. The van der Waals surface area contributed by atoms with Gasteiger partial charge in [0, 0.05) is 11.5 Å². The van der Waals surface area contributed by atoms with Crippen molar-refractivity contribution in [3.8, 4) is 11.5 Å². The van der Waals surface area contributed by atoms with Crippen molar-refractivity contribution < 1.29 is 24.1 Å². The number of aliphatic carboxylic acids is 1. The first-order valence-electron chi connectivity index (χ1n) is 10.8. The molecule has 1 fully saturated rings. The molecule has 2 aromatic carbocycles. The minimum Gasteiger partial charge on any atom is -0.505 e. The maximum atomic E-state index is 14.5. The lowest BCUT2D eigenvalue weighted by Gasteiger charge is -2.23. The smallest absolute Gasteiger partial charge is 0.341 e. The van der Waals surface area contributed by atoms with Gasteiger partial charge in [-0.3, -0.25) is 0 Å². The van der Waals surface area contributed by atoms with Gasteiger partial charge in [-0.05, 0) is 91.5 Å². The van der Waals surface area contributed by atoms with Crippen LogP contribution in [0.2, 0.25) is 0 Å². The Morgan fingerprint density at radius 3 is 2.47 bits per heavy atom. The number of rotatable bonds is 6. The summed E-state index contributed by atoms with van der Waals surface area (Å²) in [6.07, 6.45) is 6.28. The van der Waals surface area contributed by atoms with Gasteiger partial charge in [-0.2, -0.15) is 0 Å². The van der Waals surface area contributed by atoms with Crippen LogP contribution in [-0.2, 0) is 11.2 Å². The lowest BCUT2D eigenvalue weighted by atomic mass is 9.83. The van der Waals surface area contributed by atoms with Crippen molar-refractivity contribution in [2.75, 3.05) is 6.61 Å². The van der Waals surface area contributed by atoms with Gasteiger partial charge in [-0.15, -0.1) is 0 Å². The van der Waals surface area contributed by atoms with Crippen molar-refractivity contribution in [2.24, 2.45) is 0 Å². The Morgan fingerprint density at radius 1 is 1.10 bits per heavy atom. The molecule has 1 saturated carbocycles. The molecule has 1 unspecified atom stereocenters. The van der Waals surface area contributed by atoms with Crippen molar-refractivity contribution >= 4 is 5.97 Å². The van der Waals surface area contributed by atoms with E-state index in [4.69, 9.17) is 9.84 Å². The van der Waals surface area contributed by atoms with Crippen LogP contribution in [0.1, 0.15) is 82.9 Å². The molecule has 160 valence electrons. The monoisotopic (exact) mass is 412 g/mol. The lowest BCUT2D eigenvalue weighted by Crippen LogP contribution is -2.11. The quantitative estimate of drug-likeness (QED) is 0.643. The first kappa shape index (κ1) is 20.7. The first-order chi connectivity index (χ1) is 14.3. The molecule has 0 radical (unpaired) electrons. The topological polar surface area (TPSA) is 66.8 Å². The van der Waals surface area contributed by atoms with Crippen LogP contribution in [0.4, 0.5) is 4.39 Å². The Morgan fingerprint density at radius 2 is 1.80 bits per heavy atom. The van der Waals surface area contributed by atoms with Crippen LogP contribution < -0.4 is 4.74 Å². The molecule has 5 heteroatoms. The van der Waals surface area contributed by atoms with Gasteiger partial charge in [0.25, 0.3) is 0 Å². The third kappa shape index (κ3) is 3.66. The fourth-order valence-electron chi connectivity index (χ4n) is 5.19. The predicted molar refractivity (Wildman–Crippen MR) is 113 cm³/mol. The molecule has 0 bridgehead atoms. The fraction of sp³-hybridized carbons (Fsp3) is 0.480. The molecule has 4 rings (SSSR count). The van der Waals surface area contributed by atoms with Crippen LogP contribution in [0.3, 0.4) is 0 Å². The van der Waals surface area contributed by atoms with Crippen LogP contribution in [-0.4, -0.2) is 22.8 Å². The molecule has 1 atom stereocenters. The molecule has 0 aliphatic heterocycles. The molecule has 30 heavy (non-hydrogen) atoms. The lowest BCUT2D eigenvalue weighted by molar-refractivity contribution is -0.139. The van der Waals surface area contributed by atoms with Gasteiger partial charge in [0.05, 0.1) is 0 Å². The molecule has 2 aliphatic carbocycles. The fourth-order valence-corrected chi connectivity index (χ4v) is 5.19. The van der Waals surface area contributed by atoms with Crippen molar-refractivity contribution in [3.05, 3.63) is 56.9 Å². The van der Waals surface area contributed by atoms with Gasteiger partial charge in [-0.25, -0.2) is 9.18 Å². The summed E-state index contributed by atoms with van der Waals surface area (Å²) in [4.78, 5) is 10.8. The number of fused-ring (bicyclic) bond motifs is 1. The second-order valence-corrected chi connectivity index (χ2v) is 8.82. The summed E-state index contributed by atoms with van der Waals surface area (Å²) < 4.78 is 19.9. The highest BCUT2D eigenvalue weighted by Crippen LogP contribution is 2.55. The minimum absolute atomic E-state index is 0.139. The second kappa shape index (κ2) is 7.93. The molecule has 4 nitrogen and oxygen atoms in total. The Kier molecular flexibility index (Phi) is 5.48. The maximum Gasteiger partial charge on any atom is 0.341 e. The average molecular weight is 413 g/mol. The molecule has 0 aromatic heterocycles. The van der Waals surface area contributed by atoms with E-state index in [2.05, 4.69) is 0 Å². The number of hydrogen-bond donors (Lipinski definition) is 2. The van der Waals surface area contributed by atoms with Crippen LogP contribution in [0.5, 0.6) is 11.5 Å². The van der Waals surface area contributed by atoms with E-state index in [9.17, 15) is 14.3 Å². The Balaban J connectivity index is 1.63. The molecular formula is C25H29FO4. The van der Waals surface area contributed by atoms with E-state index in [-0.39, 0.29) is 24.2 Å². The Labute approximate surface area is 176 Å². The standard InChI is InChI=1S/C25H29FO4/c1-13-9-21(30-12-22(27)28)15(3)14(2)17(13)10-18-19-11-20(26)25(29)23(24(18)19)16-7-5-4-6-8-16/h9,11,16,18,29H,4-8,10,12H2,1-3H3,(H,27,28). The molecule has 0 heterocycles. The predicted octanol–water partition coefficient (Wildman–Crippen LogP) is 5.66. The highest BCUT2D eigenvalue weighted by molar-refractivity contribution is 5.69. The first-order valence-corrected chi connectivity index (χ1v) is 10.8. The largest absolute Gasteiger partial charge is 0.505 e. The summed E-state index contributed by atoms with van der Waals surface area (Å²) in [6, 6.07) is 3.40. The molecule has 0 amide bonds. The highest BCUT2D eigenvalue weighted by atomic mass is 19.1. The van der Waals surface area contributed by atoms with Crippen LogP contribution in [0.15, 0.2) is 12.1 Å². The van der Waals surface area contributed by atoms with Crippen LogP contribution in [0, 0.1) is 26.6 Å². The van der Waals surface area contributed by atoms with Crippen LogP contribution in [0.25, 0.3) is 0 Å². The number of hydrogen-bond acceptors (Lipinski definition) is 3.